The summed E-state index contributed by atoms with van der Waals surface area (Å²) >= 11 is 0. The first-order valence-corrected chi connectivity index (χ1v) is 6.96. The maximum absolute atomic E-state index is 14.2. The van der Waals surface area contributed by atoms with Gasteiger partial charge in [0.15, 0.2) is 0 Å². The number of carbonyl (C=O) groups excluding carboxylic acids is 1. The van der Waals surface area contributed by atoms with E-state index in [1.54, 1.807) is 30.0 Å². The molecule has 108 valence electrons. The molecule has 0 saturated heterocycles. The quantitative estimate of drug-likeness (QED) is 0.817. The highest BCUT2D eigenvalue weighted by Crippen LogP contribution is 2.35. The first kappa shape index (κ1) is 13.6. The number of benzene rings is 2. The molecule has 21 heavy (non-hydrogen) atoms. The molecule has 1 unspecified atom stereocenters. The summed E-state index contributed by atoms with van der Waals surface area (Å²) in [6.45, 7) is 3.62. The van der Waals surface area contributed by atoms with Crippen molar-refractivity contribution in [3.63, 3.8) is 0 Å². The van der Waals surface area contributed by atoms with Gasteiger partial charge in [0.2, 0.25) is 0 Å². The van der Waals surface area contributed by atoms with Gasteiger partial charge in [-0.15, -0.1) is 0 Å². The van der Waals surface area contributed by atoms with Crippen molar-refractivity contribution in [1.29, 1.82) is 0 Å². The van der Waals surface area contributed by atoms with Gasteiger partial charge in [-0.2, -0.15) is 0 Å². The van der Waals surface area contributed by atoms with E-state index in [0.717, 1.165) is 17.7 Å². The van der Waals surface area contributed by atoms with Crippen molar-refractivity contribution in [3.05, 3.63) is 58.9 Å². The molecule has 1 aliphatic rings. The molecule has 3 nitrogen and oxygen atoms in total. The Morgan fingerprint density at radius 1 is 1.33 bits per heavy atom. The molecule has 0 bridgehead atoms. The van der Waals surface area contributed by atoms with Crippen LogP contribution in [0.4, 0.5) is 15.8 Å². The second-order valence-corrected chi connectivity index (χ2v) is 5.55. The monoisotopic (exact) mass is 284 g/mol. The normalized spacial score (nSPS) is 16.9. The summed E-state index contributed by atoms with van der Waals surface area (Å²) in [4.78, 5) is 14.4. The van der Waals surface area contributed by atoms with Gasteiger partial charge in [-0.05, 0) is 55.7 Å². The minimum atomic E-state index is -0.446. The van der Waals surface area contributed by atoms with E-state index >= 15 is 0 Å². The summed E-state index contributed by atoms with van der Waals surface area (Å²) < 4.78 is 14.2. The Morgan fingerprint density at radius 2 is 2.10 bits per heavy atom. The lowest BCUT2D eigenvalue weighted by molar-refractivity contribution is 0.0977. The van der Waals surface area contributed by atoms with E-state index < -0.39 is 5.82 Å². The van der Waals surface area contributed by atoms with Gasteiger partial charge >= 0.3 is 0 Å². The van der Waals surface area contributed by atoms with E-state index in [-0.39, 0.29) is 17.5 Å². The Balaban J connectivity index is 2.05. The lowest BCUT2D eigenvalue weighted by atomic mass is 10.1. The SMILES string of the molecule is Cc1cccc(C(=O)N2c3ccc(N)cc3CC2C)c1F. The van der Waals surface area contributed by atoms with Crippen molar-refractivity contribution in [2.24, 2.45) is 0 Å². The largest absolute Gasteiger partial charge is 0.399 e. The van der Waals surface area contributed by atoms with Gasteiger partial charge in [0, 0.05) is 17.4 Å². The van der Waals surface area contributed by atoms with Crippen LogP contribution in [0, 0.1) is 12.7 Å². The zero-order chi connectivity index (χ0) is 15.1. The third-order valence-electron chi connectivity index (χ3n) is 3.96. The van der Waals surface area contributed by atoms with E-state index in [1.807, 2.05) is 19.1 Å². The van der Waals surface area contributed by atoms with Crippen molar-refractivity contribution in [3.8, 4) is 0 Å². The summed E-state index contributed by atoms with van der Waals surface area (Å²) in [5.41, 5.74) is 8.91. The lowest BCUT2D eigenvalue weighted by Crippen LogP contribution is -2.36. The molecule has 1 heterocycles. The highest BCUT2D eigenvalue weighted by molar-refractivity contribution is 6.08. The van der Waals surface area contributed by atoms with Crippen LogP contribution in [-0.4, -0.2) is 11.9 Å². The number of hydrogen-bond acceptors (Lipinski definition) is 2. The standard InChI is InChI=1S/C17H17FN2O/c1-10-4-3-5-14(16(10)18)17(21)20-11(2)8-12-9-13(19)6-7-15(12)20/h3-7,9,11H,8,19H2,1-2H3. The van der Waals surface area contributed by atoms with E-state index in [0.29, 0.717) is 11.3 Å². The first-order chi connectivity index (χ1) is 9.99. The number of carbonyl (C=O) groups is 1. The van der Waals surface area contributed by atoms with Crippen LogP contribution in [0.15, 0.2) is 36.4 Å². The van der Waals surface area contributed by atoms with E-state index in [1.165, 1.54) is 6.07 Å². The molecule has 1 aliphatic heterocycles. The highest BCUT2D eigenvalue weighted by Gasteiger charge is 2.32. The molecule has 0 fully saturated rings. The fourth-order valence-electron chi connectivity index (χ4n) is 2.90. The summed E-state index contributed by atoms with van der Waals surface area (Å²) in [6, 6.07) is 10.4. The first-order valence-electron chi connectivity index (χ1n) is 6.96. The van der Waals surface area contributed by atoms with Crippen molar-refractivity contribution in [2.45, 2.75) is 26.3 Å². The molecule has 2 aromatic rings. The number of rotatable bonds is 1. The molecule has 2 N–H and O–H groups in total. The second-order valence-electron chi connectivity index (χ2n) is 5.55. The third kappa shape index (κ3) is 2.17. The second kappa shape index (κ2) is 4.88. The van der Waals surface area contributed by atoms with E-state index in [9.17, 15) is 9.18 Å². The van der Waals surface area contributed by atoms with Crippen molar-refractivity contribution in [2.75, 3.05) is 10.6 Å². The Labute approximate surface area is 123 Å². The number of anilines is 2. The fraction of sp³-hybridized carbons (Fsp3) is 0.235. The number of nitrogen functional groups attached to an aromatic ring is 1. The molecular formula is C17H17FN2O. The Morgan fingerprint density at radius 3 is 2.86 bits per heavy atom. The smallest absolute Gasteiger partial charge is 0.261 e. The zero-order valence-electron chi connectivity index (χ0n) is 12.1. The molecule has 1 atom stereocenters. The van der Waals surface area contributed by atoms with Crippen LogP contribution in [0.1, 0.15) is 28.4 Å². The summed E-state index contributed by atoms with van der Waals surface area (Å²) in [7, 11) is 0. The van der Waals surface area contributed by atoms with Crippen LogP contribution < -0.4 is 10.6 Å². The van der Waals surface area contributed by atoms with Gasteiger partial charge < -0.3 is 10.6 Å². The van der Waals surface area contributed by atoms with Gasteiger partial charge in [0.1, 0.15) is 5.82 Å². The number of hydrogen-bond donors (Lipinski definition) is 1. The molecule has 4 heteroatoms. The predicted octanol–water partition coefficient (Wildman–Crippen LogP) is 3.31. The van der Waals surface area contributed by atoms with Gasteiger partial charge in [0.05, 0.1) is 5.56 Å². The van der Waals surface area contributed by atoms with Crippen LogP contribution in [0.3, 0.4) is 0 Å². The molecule has 0 aliphatic carbocycles. The van der Waals surface area contributed by atoms with Crippen molar-refractivity contribution >= 4 is 17.3 Å². The summed E-state index contributed by atoms with van der Waals surface area (Å²) in [5.74, 6) is -0.745. The maximum atomic E-state index is 14.2. The molecule has 1 amide bonds. The average molecular weight is 284 g/mol. The lowest BCUT2D eigenvalue weighted by Gasteiger charge is -2.23. The average Bonchev–Trinajstić information content (AvgIpc) is 2.76. The van der Waals surface area contributed by atoms with E-state index in [2.05, 4.69) is 0 Å². The number of halogens is 1. The molecule has 3 rings (SSSR count). The molecular weight excluding hydrogens is 267 g/mol. The number of fused-ring (bicyclic) bond motifs is 1. The van der Waals surface area contributed by atoms with Gasteiger partial charge in [0.25, 0.3) is 5.91 Å². The molecule has 0 saturated carbocycles. The Hall–Kier alpha value is -2.36. The number of aryl methyl sites for hydroxylation is 1. The van der Waals surface area contributed by atoms with E-state index in [4.69, 9.17) is 5.73 Å². The topological polar surface area (TPSA) is 46.3 Å². The van der Waals surface area contributed by atoms with Crippen LogP contribution in [0.25, 0.3) is 0 Å². The maximum Gasteiger partial charge on any atom is 0.261 e. The van der Waals surface area contributed by atoms with Crippen LogP contribution in [0.5, 0.6) is 0 Å². The molecule has 2 aromatic carbocycles. The molecule has 0 radical (unpaired) electrons. The predicted molar refractivity (Wildman–Crippen MR) is 82.0 cm³/mol. The van der Waals surface area contributed by atoms with Crippen molar-refractivity contribution in [1.82, 2.24) is 0 Å². The molecule has 0 aromatic heterocycles. The summed E-state index contributed by atoms with van der Waals surface area (Å²) in [6.07, 6.45) is 0.736. The number of amides is 1. The van der Waals surface area contributed by atoms with Crippen LogP contribution >= 0.6 is 0 Å². The van der Waals surface area contributed by atoms with Crippen molar-refractivity contribution < 1.29 is 9.18 Å². The Bertz CT molecular complexity index is 727. The Kier molecular flexibility index (Phi) is 3.16. The van der Waals surface area contributed by atoms with Gasteiger partial charge in [-0.1, -0.05) is 12.1 Å². The minimum absolute atomic E-state index is 0.00536. The number of nitrogens with two attached hydrogens (primary N) is 1. The summed E-state index contributed by atoms with van der Waals surface area (Å²) in [5, 5.41) is 0. The minimum Gasteiger partial charge on any atom is -0.399 e. The molecule has 0 spiro atoms. The van der Waals surface area contributed by atoms with Crippen LogP contribution in [0.2, 0.25) is 0 Å². The fourth-order valence-corrected chi connectivity index (χ4v) is 2.90. The van der Waals surface area contributed by atoms with Crippen LogP contribution in [-0.2, 0) is 6.42 Å². The van der Waals surface area contributed by atoms with Gasteiger partial charge in [-0.3, -0.25) is 4.79 Å². The third-order valence-corrected chi connectivity index (χ3v) is 3.96. The number of nitrogens with zero attached hydrogens (tertiary/aromatic N) is 1. The van der Waals surface area contributed by atoms with Gasteiger partial charge in [-0.25, -0.2) is 4.39 Å². The highest BCUT2D eigenvalue weighted by atomic mass is 19.1. The zero-order valence-corrected chi connectivity index (χ0v) is 12.1.